The number of aromatic nitrogens is 1. The van der Waals surface area contributed by atoms with Gasteiger partial charge in [-0.2, -0.15) is 0 Å². The molecule has 3 rings (SSSR count). The maximum atomic E-state index is 12.5. The van der Waals surface area contributed by atoms with Crippen LogP contribution in [0.1, 0.15) is 22.8 Å². The van der Waals surface area contributed by atoms with E-state index in [1.807, 2.05) is 22.8 Å². The molecule has 0 spiro atoms. The van der Waals surface area contributed by atoms with Crippen LogP contribution in [0.15, 0.2) is 59.5 Å². The van der Waals surface area contributed by atoms with Gasteiger partial charge in [0.1, 0.15) is 11.3 Å². The van der Waals surface area contributed by atoms with Gasteiger partial charge in [0, 0.05) is 18.1 Å². The third-order valence-electron chi connectivity index (χ3n) is 3.75. The Bertz CT molecular complexity index is 959. The Balaban J connectivity index is 2.17. The number of benzene rings is 2. The fourth-order valence-electron chi connectivity index (χ4n) is 2.68. The Morgan fingerprint density at radius 2 is 1.96 bits per heavy atom. The predicted molar refractivity (Wildman–Crippen MR) is 91.4 cm³/mol. The molecular formula is C19H17NO4. The molecule has 3 aromatic rings. The van der Waals surface area contributed by atoms with Crippen LogP contribution < -0.4 is 5.43 Å². The lowest BCUT2D eigenvalue weighted by Crippen LogP contribution is -2.21. The maximum absolute atomic E-state index is 12.5. The van der Waals surface area contributed by atoms with Crippen LogP contribution in [0.4, 0.5) is 0 Å². The van der Waals surface area contributed by atoms with Crippen LogP contribution in [0.3, 0.4) is 0 Å². The number of hydrogen-bond donors (Lipinski definition) is 1. The van der Waals surface area contributed by atoms with Gasteiger partial charge < -0.3 is 14.4 Å². The minimum atomic E-state index is -0.627. The van der Waals surface area contributed by atoms with E-state index >= 15 is 0 Å². The first-order valence-corrected chi connectivity index (χ1v) is 7.67. The number of rotatable bonds is 4. The van der Waals surface area contributed by atoms with Crippen LogP contribution in [0.5, 0.6) is 5.75 Å². The lowest BCUT2D eigenvalue weighted by atomic mass is 10.1. The highest BCUT2D eigenvalue weighted by molar-refractivity contribution is 5.93. The van der Waals surface area contributed by atoms with Crippen molar-refractivity contribution in [1.29, 1.82) is 0 Å². The average Bonchev–Trinajstić information content (AvgIpc) is 2.58. The largest absolute Gasteiger partial charge is 0.508 e. The topological polar surface area (TPSA) is 68.5 Å². The summed E-state index contributed by atoms with van der Waals surface area (Å²) in [6, 6.07) is 14.0. The molecule has 0 unspecified atom stereocenters. The summed E-state index contributed by atoms with van der Waals surface area (Å²) in [5, 5.41) is 10.1. The van der Waals surface area contributed by atoms with Crippen LogP contribution in [0, 0.1) is 0 Å². The highest BCUT2D eigenvalue weighted by Crippen LogP contribution is 2.17. The molecule has 1 aromatic heterocycles. The maximum Gasteiger partial charge on any atom is 0.343 e. The molecule has 24 heavy (non-hydrogen) atoms. The molecule has 0 aliphatic heterocycles. The number of para-hydroxylation sites is 1. The van der Waals surface area contributed by atoms with E-state index in [9.17, 15) is 14.7 Å². The van der Waals surface area contributed by atoms with Crippen molar-refractivity contribution < 1.29 is 14.6 Å². The predicted octanol–water partition coefficient (Wildman–Crippen LogP) is 2.93. The van der Waals surface area contributed by atoms with Gasteiger partial charge in [0.25, 0.3) is 0 Å². The number of aromatic hydroxyl groups is 1. The summed E-state index contributed by atoms with van der Waals surface area (Å²) in [7, 11) is 0. The second-order valence-electron chi connectivity index (χ2n) is 5.41. The fraction of sp³-hybridized carbons (Fsp3) is 0.158. The SMILES string of the molecule is CCOC(=O)c1cn(Cc2cccc(O)c2)c2ccccc2c1=O. The van der Waals surface area contributed by atoms with Gasteiger partial charge in [-0.05, 0) is 36.8 Å². The first-order valence-electron chi connectivity index (χ1n) is 7.67. The summed E-state index contributed by atoms with van der Waals surface area (Å²) >= 11 is 0. The van der Waals surface area contributed by atoms with Gasteiger partial charge in [0.15, 0.2) is 0 Å². The summed E-state index contributed by atoms with van der Waals surface area (Å²) in [6.07, 6.45) is 1.52. The molecule has 0 saturated heterocycles. The van der Waals surface area contributed by atoms with E-state index in [1.54, 1.807) is 37.3 Å². The van der Waals surface area contributed by atoms with Gasteiger partial charge >= 0.3 is 5.97 Å². The molecular weight excluding hydrogens is 306 g/mol. The zero-order valence-electron chi connectivity index (χ0n) is 13.2. The number of phenolic OH excluding ortho intramolecular Hbond substituents is 1. The molecule has 5 nitrogen and oxygen atoms in total. The lowest BCUT2D eigenvalue weighted by Gasteiger charge is -2.13. The van der Waals surface area contributed by atoms with Gasteiger partial charge in [0.05, 0.1) is 12.1 Å². The Hall–Kier alpha value is -3.08. The Kier molecular flexibility index (Phi) is 4.33. The molecule has 0 radical (unpaired) electrons. The van der Waals surface area contributed by atoms with Crippen LogP contribution in [-0.2, 0) is 11.3 Å². The lowest BCUT2D eigenvalue weighted by molar-refractivity contribution is 0.0524. The number of hydrogen-bond acceptors (Lipinski definition) is 4. The van der Waals surface area contributed by atoms with E-state index in [1.165, 1.54) is 6.20 Å². The molecule has 1 heterocycles. The molecule has 0 bridgehead atoms. The first kappa shape index (κ1) is 15.8. The molecule has 2 aromatic carbocycles. The smallest absolute Gasteiger partial charge is 0.343 e. The average molecular weight is 323 g/mol. The molecule has 0 aliphatic rings. The van der Waals surface area contributed by atoms with Crippen LogP contribution in [0.2, 0.25) is 0 Å². The van der Waals surface area contributed by atoms with Crippen LogP contribution in [0.25, 0.3) is 10.9 Å². The van der Waals surface area contributed by atoms with E-state index < -0.39 is 5.97 Å². The van der Waals surface area contributed by atoms with Gasteiger partial charge in [-0.15, -0.1) is 0 Å². The number of esters is 1. The summed E-state index contributed by atoms with van der Waals surface area (Å²) in [5.41, 5.74) is 1.25. The highest BCUT2D eigenvalue weighted by Gasteiger charge is 2.16. The highest BCUT2D eigenvalue weighted by atomic mass is 16.5. The van der Waals surface area contributed by atoms with Crippen molar-refractivity contribution >= 4 is 16.9 Å². The number of fused-ring (bicyclic) bond motifs is 1. The standard InChI is InChI=1S/C19H17NO4/c1-2-24-19(23)16-12-20(11-13-6-5-7-14(21)10-13)17-9-4-3-8-15(17)18(16)22/h3-10,12,21H,2,11H2,1H3. The number of carbonyl (C=O) groups is 1. The van der Waals surface area contributed by atoms with Gasteiger partial charge in [0.2, 0.25) is 5.43 Å². The molecule has 0 saturated carbocycles. The third kappa shape index (κ3) is 3.01. The number of pyridine rings is 1. The van der Waals surface area contributed by atoms with E-state index in [4.69, 9.17) is 4.74 Å². The second kappa shape index (κ2) is 6.58. The van der Waals surface area contributed by atoms with E-state index in [0.29, 0.717) is 11.9 Å². The number of ether oxygens (including phenoxy) is 1. The normalized spacial score (nSPS) is 10.7. The van der Waals surface area contributed by atoms with Gasteiger partial charge in [-0.25, -0.2) is 4.79 Å². The Morgan fingerprint density at radius 3 is 2.71 bits per heavy atom. The Labute approximate surface area is 138 Å². The van der Waals surface area contributed by atoms with E-state index in [0.717, 1.165) is 11.1 Å². The fourth-order valence-corrected chi connectivity index (χ4v) is 2.68. The quantitative estimate of drug-likeness (QED) is 0.750. The molecule has 1 N–H and O–H groups in total. The van der Waals surface area contributed by atoms with Crippen molar-refractivity contribution in [3.05, 3.63) is 76.1 Å². The molecule has 0 aliphatic carbocycles. The zero-order valence-corrected chi connectivity index (χ0v) is 13.2. The molecule has 5 heteroatoms. The van der Waals surface area contributed by atoms with Crippen molar-refractivity contribution in [1.82, 2.24) is 4.57 Å². The molecule has 122 valence electrons. The van der Waals surface area contributed by atoms with Crippen molar-refractivity contribution in [3.8, 4) is 5.75 Å². The van der Waals surface area contributed by atoms with Crippen molar-refractivity contribution in [3.63, 3.8) is 0 Å². The summed E-state index contributed by atoms with van der Waals surface area (Å²) in [6.45, 7) is 2.32. The number of carbonyl (C=O) groups excluding carboxylic acids is 1. The minimum Gasteiger partial charge on any atom is -0.508 e. The molecule has 0 atom stereocenters. The van der Waals surface area contributed by atoms with Crippen molar-refractivity contribution in [2.45, 2.75) is 13.5 Å². The number of phenols is 1. The van der Waals surface area contributed by atoms with Crippen molar-refractivity contribution in [2.75, 3.05) is 6.61 Å². The van der Waals surface area contributed by atoms with Gasteiger partial charge in [-0.3, -0.25) is 4.79 Å². The number of nitrogens with zero attached hydrogens (tertiary/aromatic N) is 1. The zero-order chi connectivity index (χ0) is 17.1. The summed E-state index contributed by atoms with van der Waals surface area (Å²) in [4.78, 5) is 24.6. The molecule has 0 amide bonds. The van der Waals surface area contributed by atoms with Crippen LogP contribution >= 0.6 is 0 Å². The van der Waals surface area contributed by atoms with Crippen LogP contribution in [-0.4, -0.2) is 22.2 Å². The minimum absolute atomic E-state index is 0.00991. The second-order valence-corrected chi connectivity index (χ2v) is 5.41. The first-order chi connectivity index (χ1) is 11.6. The van der Waals surface area contributed by atoms with E-state index in [2.05, 4.69) is 0 Å². The third-order valence-corrected chi connectivity index (χ3v) is 3.75. The Morgan fingerprint density at radius 1 is 1.17 bits per heavy atom. The summed E-state index contributed by atoms with van der Waals surface area (Å²) < 4.78 is 6.81. The summed E-state index contributed by atoms with van der Waals surface area (Å²) in [5.74, 6) is -0.457. The molecule has 0 fully saturated rings. The van der Waals surface area contributed by atoms with E-state index in [-0.39, 0.29) is 23.3 Å². The van der Waals surface area contributed by atoms with Crippen molar-refractivity contribution in [2.24, 2.45) is 0 Å². The monoisotopic (exact) mass is 323 g/mol. The van der Waals surface area contributed by atoms with Gasteiger partial charge in [-0.1, -0.05) is 24.3 Å².